The first-order valence-corrected chi connectivity index (χ1v) is 6.56. The minimum Gasteiger partial charge on any atom is -0.380 e. The van der Waals surface area contributed by atoms with Crippen LogP contribution in [-0.4, -0.2) is 21.6 Å². The number of amides is 1. The number of anilines is 1. The fourth-order valence-corrected chi connectivity index (χ4v) is 1.85. The molecular weight excluding hydrogens is 252 g/mol. The van der Waals surface area contributed by atoms with Crippen LogP contribution in [0.3, 0.4) is 0 Å². The number of pyridine rings is 1. The molecule has 0 spiro atoms. The lowest BCUT2D eigenvalue weighted by molar-refractivity contribution is -0.132. The average molecular weight is 270 g/mol. The molecule has 0 fully saturated rings. The summed E-state index contributed by atoms with van der Waals surface area (Å²) in [5.74, 6) is -0.415. The van der Waals surface area contributed by atoms with Gasteiger partial charge in [0.15, 0.2) is 0 Å². The van der Waals surface area contributed by atoms with E-state index in [2.05, 4.69) is 10.3 Å². The number of nitrogens with zero attached hydrogens (tertiary/aromatic N) is 1. The van der Waals surface area contributed by atoms with Crippen LogP contribution in [0.2, 0.25) is 0 Å². The van der Waals surface area contributed by atoms with Gasteiger partial charge >= 0.3 is 0 Å². The smallest absolute Gasteiger partial charge is 0.256 e. The quantitative estimate of drug-likeness (QED) is 0.877. The SMILES string of the molecule is CC(O)(CCc1ccccc1)C(=O)Nc1cccnc1. The first-order valence-electron chi connectivity index (χ1n) is 6.56. The normalized spacial score (nSPS) is 13.5. The second-order valence-corrected chi connectivity index (χ2v) is 4.96. The van der Waals surface area contributed by atoms with E-state index in [-0.39, 0.29) is 0 Å². The van der Waals surface area contributed by atoms with E-state index >= 15 is 0 Å². The highest BCUT2D eigenvalue weighted by atomic mass is 16.3. The fraction of sp³-hybridized carbons (Fsp3) is 0.250. The van der Waals surface area contributed by atoms with Gasteiger partial charge in [0.25, 0.3) is 5.91 Å². The van der Waals surface area contributed by atoms with Crippen molar-refractivity contribution in [2.45, 2.75) is 25.4 Å². The van der Waals surface area contributed by atoms with Crippen LogP contribution in [0.25, 0.3) is 0 Å². The summed E-state index contributed by atoms with van der Waals surface area (Å²) in [6.07, 6.45) is 4.19. The molecule has 1 atom stereocenters. The van der Waals surface area contributed by atoms with E-state index in [0.717, 1.165) is 5.56 Å². The summed E-state index contributed by atoms with van der Waals surface area (Å²) in [5, 5.41) is 12.9. The molecule has 0 aliphatic heterocycles. The van der Waals surface area contributed by atoms with Gasteiger partial charge in [-0.25, -0.2) is 0 Å². The van der Waals surface area contributed by atoms with Crippen molar-refractivity contribution in [3.05, 3.63) is 60.4 Å². The summed E-state index contributed by atoms with van der Waals surface area (Å²) in [5.41, 5.74) is 0.269. The Labute approximate surface area is 118 Å². The molecule has 0 saturated heterocycles. The molecule has 2 rings (SSSR count). The van der Waals surface area contributed by atoms with E-state index in [9.17, 15) is 9.90 Å². The zero-order valence-electron chi connectivity index (χ0n) is 11.4. The second-order valence-electron chi connectivity index (χ2n) is 4.96. The molecule has 4 nitrogen and oxygen atoms in total. The van der Waals surface area contributed by atoms with Crippen LogP contribution in [0.5, 0.6) is 0 Å². The zero-order valence-corrected chi connectivity index (χ0v) is 11.4. The van der Waals surface area contributed by atoms with Crippen LogP contribution in [0.1, 0.15) is 18.9 Å². The Bertz CT molecular complexity index is 553. The molecule has 4 heteroatoms. The molecule has 2 aromatic rings. The van der Waals surface area contributed by atoms with Crippen LogP contribution in [0.4, 0.5) is 5.69 Å². The molecule has 1 aromatic carbocycles. The van der Waals surface area contributed by atoms with Gasteiger partial charge in [0.1, 0.15) is 5.60 Å². The summed E-state index contributed by atoms with van der Waals surface area (Å²) < 4.78 is 0. The van der Waals surface area contributed by atoms with Crippen LogP contribution in [0, 0.1) is 0 Å². The number of hydrogen-bond donors (Lipinski definition) is 2. The van der Waals surface area contributed by atoms with E-state index in [1.165, 1.54) is 6.92 Å². The van der Waals surface area contributed by atoms with Gasteiger partial charge < -0.3 is 10.4 Å². The third kappa shape index (κ3) is 3.90. The number of hydrogen-bond acceptors (Lipinski definition) is 3. The molecule has 20 heavy (non-hydrogen) atoms. The Balaban J connectivity index is 1.94. The van der Waals surface area contributed by atoms with Gasteiger partial charge in [0, 0.05) is 6.20 Å². The summed E-state index contributed by atoms with van der Waals surface area (Å²) in [4.78, 5) is 16.0. The van der Waals surface area contributed by atoms with Crippen molar-refractivity contribution in [3.63, 3.8) is 0 Å². The topological polar surface area (TPSA) is 62.2 Å². The minimum atomic E-state index is -1.41. The molecule has 0 bridgehead atoms. The molecular formula is C16H18N2O2. The molecule has 2 N–H and O–H groups in total. The Hall–Kier alpha value is -2.20. The molecule has 1 unspecified atom stereocenters. The number of aryl methyl sites for hydroxylation is 1. The number of nitrogens with one attached hydrogen (secondary N) is 1. The van der Waals surface area contributed by atoms with E-state index in [0.29, 0.717) is 18.5 Å². The molecule has 1 aromatic heterocycles. The first-order chi connectivity index (χ1) is 9.58. The number of carbonyl (C=O) groups is 1. The maximum Gasteiger partial charge on any atom is 0.256 e. The van der Waals surface area contributed by atoms with Crippen LogP contribution < -0.4 is 5.32 Å². The van der Waals surface area contributed by atoms with Gasteiger partial charge in [0.05, 0.1) is 11.9 Å². The van der Waals surface area contributed by atoms with Crippen molar-refractivity contribution in [3.8, 4) is 0 Å². The average Bonchev–Trinajstić information content (AvgIpc) is 2.47. The predicted molar refractivity (Wildman–Crippen MR) is 78.3 cm³/mol. The lowest BCUT2D eigenvalue weighted by atomic mass is 9.96. The van der Waals surface area contributed by atoms with Crippen LogP contribution in [0.15, 0.2) is 54.9 Å². The van der Waals surface area contributed by atoms with Crippen LogP contribution in [-0.2, 0) is 11.2 Å². The van der Waals surface area contributed by atoms with Crippen LogP contribution >= 0.6 is 0 Å². The van der Waals surface area contributed by atoms with Gasteiger partial charge in [-0.05, 0) is 37.5 Å². The fourth-order valence-electron chi connectivity index (χ4n) is 1.85. The molecule has 1 heterocycles. The van der Waals surface area contributed by atoms with Gasteiger partial charge in [-0.2, -0.15) is 0 Å². The van der Waals surface area contributed by atoms with Crippen molar-refractivity contribution in [1.82, 2.24) is 4.98 Å². The third-order valence-corrected chi connectivity index (χ3v) is 3.15. The van der Waals surface area contributed by atoms with Crippen molar-refractivity contribution in [1.29, 1.82) is 0 Å². The number of rotatable bonds is 5. The third-order valence-electron chi connectivity index (χ3n) is 3.15. The monoisotopic (exact) mass is 270 g/mol. The van der Waals surface area contributed by atoms with Crippen molar-refractivity contribution >= 4 is 11.6 Å². The standard InChI is InChI=1S/C16H18N2O2/c1-16(20,10-9-13-6-3-2-4-7-13)15(19)18-14-8-5-11-17-12-14/h2-8,11-12,20H,9-10H2,1H3,(H,18,19). The lowest BCUT2D eigenvalue weighted by Crippen LogP contribution is -2.40. The van der Waals surface area contributed by atoms with Gasteiger partial charge in [0.2, 0.25) is 0 Å². The van der Waals surface area contributed by atoms with Gasteiger partial charge in [-0.3, -0.25) is 9.78 Å². The maximum atomic E-state index is 12.1. The van der Waals surface area contributed by atoms with Crippen molar-refractivity contribution < 1.29 is 9.90 Å². The minimum absolute atomic E-state index is 0.364. The highest BCUT2D eigenvalue weighted by molar-refractivity contribution is 5.96. The number of benzene rings is 1. The van der Waals surface area contributed by atoms with Gasteiger partial charge in [-0.15, -0.1) is 0 Å². The Morgan fingerprint density at radius 2 is 2.00 bits per heavy atom. The summed E-state index contributed by atoms with van der Waals surface area (Å²) >= 11 is 0. The summed E-state index contributed by atoms with van der Waals surface area (Å²) in [7, 11) is 0. The largest absolute Gasteiger partial charge is 0.380 e. The highest BCUT2D eigenvalue weighted by Crippen LogP contribution is 2.16. The highest BCUT2D eigenvalue weighted by Gasteiger charge is 2.29. The Morgan fingerprint density at radius 1 is 1.25 bits per heavy atom. The maximum absolute atomic E-state index is 12.1. The van der Waals surface area contributed by atoms with E-state index in [4.69, 9.17) is 0 Å². The molecule has 1 amide bonds. The predicted octanol–water partition coefficient (Wildman–Crippen LogP) is 2.40. The number of aromatic nitrogens is 1. The van der Waals surface area contributed by atoms with E-state index < -0.39 is 11.5 Å². The molecule has 0 saturated carbocycles. The Morgan fingerprint density at radius 3 is 2.65 bits per heavy atom. The summed E-state index contributed by atoms with van der Waals surface area (Å²) in [6, 6.07) is 13.3. The Kier molecular flexibility index (Phi) is 4.48. The first kappa shape index (κ1) is 14.2. The lowest BCUT2D eigenvalue weighted by Gasteiger charge is -2.22. The van der Waals surface area contributed by atoms with Crippen molar-refractivity contribution in [2.75, 3.05) is 5.32 Å². The molecule has 0 aliphatic carbocycles. The molecule has 104 valence electrons. The summed E-state index contributed by atoms with van der Waals surface area (Å²) in [6.45, 7) is 1.53. The van der Waals surface area contributed by atoms with E-state index in [1.807, 2.05) is 30.3 Å². The second kappa shape index (κ2) is 6.30. The molecule has 0 aliphatic rings. The number of aliphatic hydroxyl groups is 1. The molecule has 0 radical (unpaired) electrons. The number of carbonyl (C=O) groups excluding carboxylic acids is 1. The van der Waals surface area contributed by atoms with Gasteiger partial charge in [-0.1, -0.05) is 30.3 Å². The van der Waals surface area contributed by atoms with E-state index in [1.54, 1.807) is 24.5 Å². The van der Waals surface area contributed by atoms with Crippen molar-refractivity contribution in [2.24, 2.45) is 0 Å². The zero-order chi connectivity index (χ0) is 14.4.